The monoisotopic (exact) mass is 229 g/mol. The van der Waals surface area contributed by atoms with Crippen molar-refractivity contribution in [1.29, 1.82) is 0 Å². The van der Waals surface area contributed by atoms with Crippen LogP contribution in [0.4, 0.5) is 5.69 Å². The number of nitrogens with zero attached hydrogens (tertiary/aromatic N) is 1. The van der Waals surface area contributed by atoms with Crippen LogP contribution in [0.2, 0.25) is 0 Å². The lowest BCUT2D eigenvalue weighted by Gasteiger charge is -2.11. The van der Waals surface area contributed by atoms with Crippen molar-refractivity contribution in [2.75, 3.05) is 5.32 Å². The maximum absolute atomic E-state index is 11.6. The zero-order valence-electron chi connectivity index (χ0n) is 9.90. The molecule has 2 aromatic rings. The first-order chi connectivity index (χ1) is 8.08. The number of amides is 1. The lowest BCUT2D eigenvalue weighted by Crippen LogP contribution is -2.32. The van der Waals surface area contributed by atoms with Crippen LogP contribution in [-0.4, -0.2) is 16.9 Å². The summed E-state index contributed by atoms with van der Waals surface area (Å²) in [5, 5.41) is 3.74. The molecule has 0 radical (unpaired) electrons. The van der Waals surface area contributed by atoms with Crippen LogP contribution in [0, 0.1) is 6.92 Å². The molecule has 3 N–H and O–H groups in total. The molecular formula is C13H15N3O. The highest BCUT2D eigenvalue weighted by Gasteiger charge is 2.10. The smallest absolute Gasteiger partial charge is 0.241 e. The number of benzene rings is 1. The number of aryl methyl sites for hydroxylation is 1. The number of fused-ring (bicyclic) bond motifs is 1. The molecule has 1 heterocycles. The van der Waals surface area contributed by atoms with Gasteiger partial charge in [-0.1, -0.05) is 18.2 Å². The van der Waals surface area contributed by atoms with E-state index in [1.165, 1.54) is 0 Å². The van der Waals surface area contributed by atoms with E-state index in [1.807, 2.05) is 37.3 Å². The number of hydrogen-bond donors (Lipinski definition) is 2. The summed E-state index contributed by atoms with van der Waals surface area (Å²) in [6.45, 7) is 3.56. The minimum atomic E-state index is -0.526. The molecule has 1 aromatic carbocycles. The summed E-state index contributed by atoms with van der Waals surface area (Å²) in [5.74, 6) is -0.194. The van der Waals surface area contributed by atoms with E-state index in [4.69, 9.17) is 5.73 Å². The number of hydrogen-bond acceptors (Lipinski definition) is 3. The molecule has 0 fully saturated rings. The molecule has 0 aliphatic rings. The molecule has 4 heteroatoms. The van der Waals surface area contributed by atoms with E-state index in [0.29, 0.717) is 0 Å². The number of aromatic nitrogens is 1. The summed E-state index contributed by atoms with van der Waals surface area (Å²) in [5.41, 5.74) is 8.03. The van der Waals surface area contributed by atoms with Crippen molar-refractivity contribution >= 4 is 22.5 Å². The first-order valence-corrected chi connectivity index (χ1v) is 5.51. The van der Waals surface area contributed by atoms with Gasteiger partial charge in [0.05, 0.1) is 17.2 Å². The van der Waals surface area contributed by atoms with Crippen LogP contribution in [0.5, 0.6) is 0 Å². The van der Waals surface area contributed by atoms with Crippen molar-refractivity contribution in [2.24, 2.45) is 5.73 Å². The van der Waals surface area contributed by atoms with Crippen molar-refractivity contribution in [1.82, 2.24) is 4.98 Å². The maximum Gasteiger partial charge on any atom is 0.241 e. The Labute approximate surface area is 99.8 Å². The van der Waals surface area contributed by atoms with Crippen molar-refractivity contribution in [3.8, 4) is 0 Å². The molecule has 1 unspecified atom stereocenters. The Balaban J connectivity index is 2.49. The fourth-order valence-corrected chi connectivity index (χ4v) is 1.66. The van der Waals surface area contributed by atoms with Crippen LogP contribution in [0.15, 0.2) is 30.3 Å². The van der Waals surface area contributed by atoms with Crippen LogP contribution in [0.3, 0.4) is 0 Å². The van der Waals surface area contributed by atoms with Crippen molar-refractivity contribution in [3.05, 3.63) is 36.0 Å². The molecule has 0 saturated heterocycles. The van der Waals surface area contributed by atoms with E-state index in [-0.39, 0.29) is 5.91 Å². The molecule has 0 saturated carbocycles. The minimum absolute atomic E-state index is 0.194. The molecule has 0 aliphatic carbocycles. The van der Waals surface area contributed by atoms with Crippen molar-refractivity contribution < 1.29 is 4.79 Å². The Kier molecular flexibility index (Phi) is 3.06. The summed E-state index contributed by atoms with van der Waals surface area (Å²) in [6, 6.07) is 9.01. The first-order valence-electron chi connectivity index (χ1n) is 5.51. The van der Waals surface area contributed by atoms with Gasteiger partial charge in [-0.2, -0.15) is 0 Å². The number of anilines is 1. The first kappa shape index (κ1) is 11.5. The van der Waals surface area contributed by atoms with E-state index in [9.17, 15) is 4.79 Å². The SMILES string of the molecule is Cc1cc(NC(=O)C(C)N)c2ccccc2n1. The normalized spacial score (nSPS) is 12.4. The Morgan fingerprint density at radius 2 is 2.12 bits per heavy atom. The fraction of sp³-hybridized carbons (Fsp3) is 0.231. The average Bonchev–Trinajstić information content (AvgIpc) is 2.28. The second kappa shape index (κ2) is 4.51. The van der Waals surface area contributed by atoms with Gasteiger partial charge in [-0.25, -0.2) is 0 Å². The van der Waals surface area contributed by atoms with Gasteiger partial charge in [0.1, 0.15) is 0 Å². The molecule has 0 aliphatic heterocycles. The van der Waals surface area contributed by atoms with Crippen LogP contribution in [0.1, 0.15) is 12.6 Å². The van der Waals surface area contributed by atoms with Gasteiger partial charge in [-0.3, -0.25) is 9.78 Å². The minimum Gasteiger partial charge on any atom is -0.324 e. The Morgan fingerprint density at radius 3 is 2.82 bits per heavy atom. The summed E-state index contributed by atoms with van der Waals surface area (Å²) in [4.78, 5) is 16.0. The lowest BCUT2D eigenvalue weighted by atomic mass is 10.1. The van der Waals surface area contributed by atoms with Crippen LogP contribution in [0.25, 0.3) is 10.9 Å². The predicted octanol–water partition coefficient (Wildman–Crippen LogP) is 1.83. The van der Waals surface area contributed by atoms with Gasteiger partial charge in [0.15, 0.2) is 0 Å². The zero-order valence-corrected chi connectivity index (χ0v) is 9.90. The van der Waals surface area contributed by atoms with Crippen LogP contribution < -0.4 is 11.1 Å². The van der Waals surface area contributed by atoms with E-state index in [0.717, 1.165) is 22.3 Å². The molecule has 0 bridgehead atoms. The van der Waals surface area contributed by atoms with Crippen LogP contribution in [-0.2, 0) is 4.79 Å². The topological polar surface area (TPSA) is 68.0 Å². The van der Waals surface area contributed by atoms with Gasteiger partial charge in [0, 0.05) is 11.1 Å². The number of carbonyl (C=O) groups is 1. The largest absolute Gasteiger partial charge is 0.324 e. The van der Waals surface area contributed by atoms with Gasteiger partial charge in [0.25, 0.3) is 0 Å². The maximum atomic E-state index is 11.6. The molecule has 0 spiro atoms. The average molecular weight is 229 g/mol. The summed E-state index contributed by atoms with van der Waals surface area (Å²) in [6.07, 6.45) is 0. The van der Waals surface area contributed by atoms with Gasteiger partial charge < -0.3 is 11.1 Å². The highest BCUT2D eigenvalue weighted by Crippen LogP contribution is 2.22. The molecule has 1 amide bonds. The lowest BCUT2D eigenvalue weighted by molar-refractivity contribution is -0.117. The van der Waals surface area contributed by atoms with E-state index in [2.05, 4.69) is 10.3 Å². The Bertz CT molecular complexity index is 564. The number of para-hydroxylation sites is 1. The van der Waals surface area contributed by atoms with Gasteiger partial charge >= 0.3 is 0 Å². The van der Waals surface area contributed by atoms with Gasteiger partial charge in [-0.15, -0.1) is 0 Å². The molecular weight excluding hydrogens is 214 g/mol. The third-order valence-corrected chi connectivity index (χ3v) is 2.52. The zero-order chi connectivity index (χ0) is 12.4. The van der Waals surface area contributed by atoms with Crippen molar-refractivity contribution in [2.45, 2.75) is 19.9 Å². The highest BCUT2D eigenvalue weighted by molar-refractivity contribution is 6.02. The summed E-state index contributed by atoms with van der Waals surface area (Å²) < 4.78 is 0. The fourth-order valence-electron chi connectivity index (χ4n) is 1.66. The second-order valence-electron chi connectivity index (χ2n) is 4.11. The standard InChI is InChI=1S/C13H15N3O/c1-8-7-12(16-13(17)9(2)14)10-5-3-4-6-11(10)15-8/h3-7,9H,14H2,1-2H3,(H,15,16,17). The van der Waals surface area contributed by atoms with E-state index in [1.54, 1.807) is 6.92 Å². The number of nitrogens with one attached hydrogen (secondary N) is 1. The van der Waals surface area contributed by atoms with Crippen molar-refractivity contribution in [3.63, 3.8) is 0 Å². The van der Waals surface area contributed by atoms with Gasteiger partial charge in [0.2, 0.25) is 5.91 Å². The Morgan fingerprint density at radius 1 is 1.41 bits per heavy atom. The third kappa shape index (κ3) is 2.42. The molecule has 88 valence electrons. The van der Waals surface area contributed by atoms with E-state index >= 15 is 0 Å². The third-order valence-electron chi connectivity index (χ3n) is 2.52. The number of rotatable bonds is 2. The van der Waals surface area contributed by atoms with Gasteiger partial charge in [-0.05, 0) is 26.0 Å². The predicted molar refractivity (Wildman–Crippen MR) is 68.8 cm³/mol. The number of nitrogens with two attached hydrogens (primary N) is 1. The number of carbonyl (C=O) groups excluding carboxylic acids is 1. The van der Waals surface area contributed by atoms with Crippen LogP contribution >= 0.6 is 0 Å². The molecule has 1 aromatic heterocycles. The summed E-state index contributed by atoms with van der Waals surface area (Å²) in [7, 11) is 0. The molecule has 2 rings (SSSR count). The highest BCUT2D eigenvalue weighted by atomic mass is 16.2. The summed E-state index contributed by atoms with van der Waals surface area (Å²) >= 11 is 0. The molecule has 1 atom stereocenters. The quantitative estimate of drug-likeness (QED) is 0.825. The second-order valence-corrected chi connectivity index (χ2v) is 4.11. The van der Waals surface area contributed by atoms with E-state index < -0.39 is 6.04 Å². The Hall–Kier alpha value is -1.94. The molecule has 4 nitrogen and oxygen atoms in total. The number of pyridine rings is 1. The molecule has 17 heavy (non-hydrogen) atoms.